The fraction of sp³-hybridized carbons (Fsp3) is 1.00. The van der Waals surface area contributed by atoms with E-state index in [9.17, 15) is 13.0 Å². The maximum atomic E-state index is 10.6. The van der Waals surface area contributed by atoms with Crippen LogP contribution in [0.25, 0.3) is 0 Å². The van der Waals surface area contributed by atoms with Crippen LogP contribution in [0.3, 0.4) is 0 Å². The Bertz CT molecular complexity index is 262. The van der Waals surface area contributed by atoms with Crippen molar-refractivity contribution in [2.45, 2.75) is 20.8 Å². The second kappa shape index (κ2) is 3.55. The minimum absolute atomic E-state index is 0.0220. The van der Waals surface area contributed by atoms with Crippen molar-refractivity contribution in [2.75, 3.05) is 26.5 Å². The van der Waals surface area contributed by atoms with Crippen LogP contribution in [-0.2, 0) is 10.1 Å². The van der Waals surface area contributed by atoms with Gasteiger partial charge >= 0.3 is 0 Å². The molecule has 0 heterocycles. The second-order valence-electron chi connectivity index (χ2n) is 5.34. The van der Waals surface area contributed by atoms with E-state index in [1.54, 1.807) is 14.1 Å². The first-order valence-corrected chi connectivity index (χ1v) is 5.75. The third kappa shape index (κ3) is 8.21. The van der Waals surface area contributed by atoms with Crippen molar-refractivity contribution in [3.63, 3.8) is 0 Å². The summed E-state index contributed by atoms with van der Waals surface area (Å²) in [4.78, 5) is 0. The fourth-order valence-corrected chi connectivity index (χ4v) is 2.71. The monoisotopic (exact) mass is 209 g/mol. The van der Waals surface area contributed by atoms with E-state index < -0.39 is 10.1 Å². The molecule has 0 amide bonds. The summed E-state index contributed by atoms with van der Waals surface area (Å²) in [7, 11) is -0.631. The molecule has 0 aliphatic rings. The molecule has 0 aromatic rings. The number of rotatable bonds is 3. The molecular weight excluding hydrogens is 190 g/mol. The van der Waals surface area contributed by atoms with E-state index in [-0.39, 0.29) is 15.8 Å². The Balaban J connectivity index is 4.43. The highest BCUT2D eigenvalue weighted by atomic mass is 32.2. The average Bonchev–Trinajstić information content (AvgIpc) is 1.43. The smallest absolute Gasteiger partial charge is 0.168 e. The lowest BCUT2D eigenvalue weighted by Crippen LogP contribution is -2.48. The van der Waals surface area contributed by atoms with Gasteiger partial charge in [0.15, 0.2) is 5.88 Å². The molecule has 0 aromatic heterocycles. The molecule has 0 rings (SSSR count). The van der Waals surface area contributed by atoms with Gasteiger partial charge in [-0.05, 0) is 0 Å². The molecule has 0 spiro atoms. The molecule has 0 unspecified atom stereocenters. The SMILES string of the molecule is CC(C)(C)C[N+](C)(C)CS(=O)(=O)[O-]. The van der Waals surface area contributed by atoms with Crippen molar-refractivity contribution in [1.82, 2.24) is 0 Å². The van der Waals surface area contributed by atoms with E-state index in [1.807, 2.05) is 20.8 Å². The highest BCUT2D eigenvalue weighted by Gasteiger charge is 2.26. The Morgan fingerprint density at radius 2 is 1.62 bits per heavy atom. The molecule has 0 atom stereocenters. The largest absolute Gasteiger partial charge is 0.744 e. The first-order chi connectivity index (χ1) is 5.41. The highest BCUT2D eigenvalue weighted by Crippen LogP contribution is 2.18. The predicted octanol–water partition coefficient (Wildman–Crippen LogP) is 0.612. The Labute approximate surface area is 80.9 Å². The summed E-state index contributed by atoms with van der Waals surface area (Å²) in [5.74, 6) is -0.343. The minimum Gasteiger partial charge on any atom is -0.744 e. The molecule has 0 aliphatic carbocycles. The Morgan fingerprint density at radius 1 is 1.23 bits per heavy atom. The molecule has 0 fully saturated rings. The van der Waals surface area contributed by atoms with E-state index in [0.29, 0.717) is 6.54 Å². The molecule has 5 heteroatoms. The number of hydrogen-bond donors (Lipinski definition) is 0. The predicted molar refractivity (Wildman–Crippen MR) is 51.0 cm³/mol. The van der Waals surface area contributed by atoms with Crippen molar-refractivity contribution in [2.24, 2.45) is 5.41 Å². The van der Waals surface area contributed by atoms with E-state index in [2.05, 4.69) is 0 Å². The van der Waals surface area contributed by atoms with Gasteiger partial charge in [0.1, 0.15) is 10.1 Å². The zero-order valence-electron chi connectivity index (χ0n) is 8.99. The Kier molecular flexibility index (Phi) is 3.52. The van der Waals surface area contributed by atoms with Crippen LogP contribution < -0.4 is 0 Å². The third-order valence-electron chi connectivity index (χ3n) is 1.41. The summed E-state index contributed by atoms with van der Waals surface area (Å²) in [6.45, 7) is 6.72. The van der Waals surface area contributed by atoms with Crippen molar-refractivity contribution < 1.29 is 17.5 Å². The second-order valence-corrected chi connectivity index (χ2v) is 6.71. The van der Waals surface area contributed by atoms with Crippen molar-refractivity contribution >= 4 is 10.1 Å². The molecule has 0 saturated heterocycles. The van der Waals surface area contributed by atoms with Gasteiger partial charge in [-0.1, -0.05) is 20.8 Å². The maximum Gasteiger partial charge on any atom is 0.168 e. The van der Waals surface area contributed by atoms with Gasteiger partial charge in [0, 0.05) is 5.41 Å². The van der Waals surface area contributed by atoms with Gasteiger partial charge < -0.3 is 9.04 Å². The van der Waals surface area contributed by atoms with Crippen molar-refractivity contribution in [1.29, 1.82) is 0 Å². The summed E-state index contributed by atoms with van der Waals surface area (Å²) in [6, 6.07) is 0. The number of nitrogens with zero attached hydrogens (tertiary/aromatic N) is 1. The van der Waals surface area contributed by atoms with Gasteiger partial charge in [0.05, 0.1) is 20.6 Å². The average molecular weight is 209 g/mol. The fourth-order valence-electron chi connectivity index (χ4n) is 1.76. The van der Waals surface area contributed by atoms with Gasteiger partial charge in [0.2, 0.25) is 0 Å². The van der Waals surface area contributed by atoms with Gasteiger partial charge in [-0.2, -0.15) is 0 Å². The standard InChI is InChI=1S/C8H19NO3S/c1-8(2,3)6-9(4,5)7-13(10,11)12/h6-7H2,1-5H3. The van der Waals surface area contributed by atoms with Gasteiger partial charge in [0.25, 0.3) is 0 Å². The maximum absolute atomic E-state index is 10.6. The van der Waals surface area contributed by atoms with Crippen LogP contribution >= 0.6 is 0 Å². The molecule has 0 bridgehead atoms. The lowest BCUT2D eigenvalue weighted by atomic mass is 9.96. The van der Waals surface area contributed by atoms with E-state index in [1.165, 1.54) is 0 Å². The van der Waals surface area contributed by atoms with E-state index in [4.69, 9.17) is 0 Å². The first-order valence-electron chi connectivity index (χ1n) is 4.17. The van der Waals surface area contributed by atoms with Crippen LogP contribution in [0.15, 0.2) is 0 Å². The molecule has 13 heavy (non-hydrogen) atoms. The molecule has 0 radical (unpaired) electrons. The molecule has 0 aromatic carbocycles. The van der Waals surface area contributed by atoms with Gasteiger partial charge in [-0.3, -0.25) is 0 Å². The zero-order chi connectivity index (χ0) is 10.9. The molecule has 80 valence electrons. The van der Waals surface area contributed by atoms with E-state index >= 15 is 0 Å². The van der Waals surface area contributed by atoms with Gasteiger partial charge in [-0.15, -0.1) is 0 Å². The normalized spacial score (nSPS) is 14.6. The van der Waals surface area contributed by atoms with Crippen LogP contribution in [0.5, 0.6) is 0 Å². The summed E-state index contributed by atoms with van der Waals surface area (Å²) < 4.78 is 31.9. The van der Waals surface area contributed by atoms with E-state index in [0.717, 1.165) is 0 Å². The first kappa shape index (κ1) is 12.9. The highest BCUT2D eigenvalue weighted by molar-refractivity contribution is 7.85. The topological polar surface area (TPSA) is 57.2 Å². The van der Waals surface area contributed by atoms with Crippen LogP contribution in [-0.4, -0.2) is 44.0 Å². The molecular formula is C8H19NO3S. The van der Waals surface area contributed by atoms with Crippen LogP contribution in [0.1, 0.15) is 20.8 Å². The minimum atomic E-state index is -4.13. The summed E-state index contributed by atoms with van der Waals surface area (Å²) in [6.07, 6.45) is 0. The van der Waals surface area contributed by atoms with Crippen molar-refractivity contribution in [3.05, 3.63) is 0 Å². The lowest BCUT2D eigenvalue weighted by molar-refractivity contribution is -0.884. The van der Waals surface area contributed by atoms with Crippen LogP contribution in [0.4, 0.5) is 0 Å². The van der Waals surface area contributed by atoms with Gasteiger partial charge in [-0.25, -0.2) is 8.42 Å². The van der Waals surface area contributed by atoms with Crippen LogP contribution in [0, 0.1) is 5.41 Å². The van der Waals surface area contributed by atoms with Crippen molar-refractivity contribution in [3.8, 4) is 0 Å². The number of hydrogen-bond acceptors (Lipinski definition) is 3. The summed E-state index contributed by atoms with van der Waals surface area (Å²) in [5, 5.41) is 0. The Hall–Kier alpha value is -0.130. The molecule has 0 N–H and O–H groups in total. The molecule has 0 saturated carbocycles. The summed E-state index contributed by atoms with van der Waals surface area (Å²) >= 11 is 0. The zero-order valence-corrected chi connectivity index (χ0v) is 9.81. The summed E-state index contributed by atoms with van der Waals surface area (Å²) in [5.41, 5.74) is 0.0220. The molecule has 0 aliphatic heterocycles. The lowest BCUT2D eigenvalue weighted by Gasteiger charge is -2.36. The third-order valence-corrected chi connectivity index (χ3v) is 2.43. The van der Waals surface area contributed by atoms with Crippen LogP contribution in [0.2, 0.25) is 0 Å². The quantitative estimate of drug-likeness (QED) is 0.505. The number of quaternary nitrogens is 1. The molecule has 4 nitrogen and oxygen atoms in total. The Morgan fingerprint density at radius 3 is 1.85 bits per heavy atom.